The fourth-order valence-corrected chi connectivity index (χ4v) is 15.6. The molecule has 0 heterocycles. The molecule has 0 spiro atoms. The topological polar surface area (TPSA) is 0 Å². The highest BCUT2D eigenvalue weighted by Crippen LogP contribution is 2.62. The molecular formula is C54H96. The highest BCUT2D eigenvalue weighted by atomic mass is 14.6. The van der Waals surface area contributed by atoms with E-state index in [2.05, 4.69) is 67.5 Å². The third kappa shape index (κ3) is 11.9. The summed E-state index contributed by atoms with van der Waals surface area (Å²) in [6, 6.07) is 0. The van der Waals surface area contributed by atoms with Gasteiger partial charge in [0.1, 0.15) is 0 Å². The number of allylic oxidation sites excluding steroid dienone is 2. The molecule has 6 atom stereocenters. The summed E-state index contributed by atoms with van der Waals surface area (Å²) < 4.78 is 0. The molecule has 0 nitrogen and oxygen atoms in total. The number of rotatable bonds is 4. The quantitative estimate of drug-likeness (QED) is 0.252. The van der Waals surface area contributed by atoms with Crippen LogP contribution in [0.1, 0.15) is 229 Å². The normalized spacial score (nSPS) is 43.2. The average molecular weight is 745 g/mol. The second-order valence-corrected chi connectivity index (χ2v) is 23.7. The summed E-state index contributed by atoms with van der Waals surface area (Å²) in [5, 5.41) is 0. The lowest BCUT2D eigenvalue weighted by molar-refractivity contribution is -0.0789. The number of hydrogen-bond acceptors (Lipinski definition) is 0. The van der Waals surface area contributed by atoms with Gasteiger partial charge in [0.05, 0.1) is 0 Å². The van der Waals surface area contributed by atoms with Gasteiger partial charge in [0.15, 0.2) is 0 Å². The van der Waals surface area contributed by atoms with E-state index in [4.69, 9.17) is 0 Å². The largest absolute Gasteiger partial charge is 0.0880 e. The molecule has 0 aromatic rings. The lowest BCUT2D eigenvalue weighted by atomic mass is 9.47. The van der Waals surface area contributed by atoms with Crippen LogP contribution in [-0.2, 0) is 0 Å². The standard InChI is InChI=1S/C14H26.C14H24.C13H22.C13H24/c2*1-11(2)14-9-12-5-3-6-13(10-14)8-4-7-12;1-9(2)13-6-10-3-11(7-13)5-12(4-10)8-13;1-10(2)12-9-5-7-11-6-3-4-8-13(11)12/h11-14H,3-10H2,1-2H3;3,5,11-14H,4,6-10H2,1-2H3;9-12H,3-8H2,1-2H3;10-13H,3-9H2,1-2H3/b;5-3-;;. The molecule has 312 valence electrons. The summed E-state index contributed by atoms with van der Waals surface area (Å²) >= 11 is 0. The molecule has 0 heteroatoms. The Labute approximate surface area is 339 Å². The lowest BCUT2D eigenvalue weighted by Gasteiger charge is -2.58. The fourth-order valence-electron chi connectivity index (χ4n) is 15.6. The predicted molar refractivity (Wildman–Crippen MR) is 237 cm³/mol. The van der Waals surface area contributed by atoms with Crippen molar-refractivity contribution in [3.63, 3.8) is 0 Å². The van der Waals surface area contributed by atoms with Gasteiger partial charge in [-0.2, -0.15) is 0 Å². The minimum Gasteiger partial charge on any atom is -0.0880 e. The summed E-state index contributed by atoms with van der Waals surface area (Å²) in [6.45, 7) is 19.5. The van der Waals surface area contributed by atoms with Crippen molar-refractivity contribution in [3.05, 3.63) is 12.2 Å². The first-order valence-electron chi connectivity index (χ1n) is 25.6. The first kappa shape index (κ1) is 43.3. The van der Waals surface area contributed by atoms with Gasteiger partial charge in [-0.15, -0.1) is 0 Å². The predicted octanol–water partition coefficient (Wildman–Crippen LogP) is 17.2. The monoisotopic (exact) mass is 745 g/mol. The molecule has 0 radical (unpaired) electrons. The van der Waals surface area contributed by atoms with Crippen molar-refractivity contribution < 1.29 is 0 Å². The molecule has 54 heavy (non-hydrogen) atoms. The summed E-state index contributed by atoms with van der Waals surface area (Å²) in [5.74, 6) is 16.5. The van der Waals surface area contributed by atoms with E-state index in [9.17, 15) is 0 Å². The van der Waals surface area contributed by atoms with Crippen molar-refractivity contribution in [2.24, 2.45) is 100 Å². The van der Waals surface area contributed by atoms with E-state index in [1.54, 1.807) is 96.3 Å². The minimum absolute atomic E-state index is 0.800. The minimum atomic E-state index is 0.800. The second kappa shape index (κ2) is 20.6. The fraction of sp³-hybridized carbons (Fsp3) is 0.963. The Hall–Kier alpha value is -0.260. The summed E-state index contributed by atoms with van der Waals surface area (Å²) in [6.07, 6.45) is 46.3. The van der Waals surface area contributed by atoms with Crippen LogP contribution in [0.15, 0.2) is 12.2 Å². The first-order valence-corrected chi connectivity index (χ1v) is 25.6. The zero-order chi connectivity index (χ0) is 38.2. The van der Waals surface area contributed by atoms with Gasteiger partial charge in [-0.05, 0) is 190 Å². The van der Waals surface area contributed by atoms with Crippen LogP contribution in [-0.4, -0.2) is 0 Å². The molecule has 12 rings (SSSR count). The highest BCUT2D eigenvalue weighted by Gasteiger charge is 2.52. The molecule has 0 aliphatic heterocycles. The molecule has 0 amide bonds. The Kier molecular flexibility index (Phi) is 16.5. The van der Waals surface area contributed by atoms with Crippen LogP contribution in [0.2, 0.25) is 0 Å². The highest BCUT2D eigenvalue weighted by molar-refractivity contribution is 5.02. The number of hydrogen-bond donors (Lipinski definition) is 0. The van der Waals surface area contributed by atoms with Crippen LogP contribution in [0.4, 0.5) is 0 Å². The Balaban J connectivity index is 0.000000123. The SMILES string of the molecule is CC(C)C12CC3CC(CC(C3)C1)C2.CC(C)C1CC2/C=C\CC(CCC2)C1.CC(C)C1CC2CCCC(CCC2)C1.CC(C)C1CCCC2CCCCC21. The van der Waals surface area contributed by atoms with Gasteiger partial charge in [-0.25, -0.2) is 0 Å². The van der Waals surface area contributed by atoms with Crippen LogP contribution in [0.3, 0.4) is 0 Å². The molecule has 0 N–H and O–H groups in total. The van der Waals surface area contributed by atoms with Crippen LogP contribution >= 0.6 is 0 Å². The van der Waals surface area contributed by atoms with Gasteiger partial charge in [0.2, 0.25) is 0 Å². The van der Waals surface area contributed by atoms with Gasteiger partial charge in [0, 0.05) is 0 Å². The maximum atomic E-state index is 2.51. The van der Waals surface area contributed by atoms with Crippen LogP contribution in [0.25, 0.3) is 0 Å². The smallest absolute Gasteiger partial charge is 0.0231 e. The summed E-state index contributed by atoms with van der Waals surface area (Å²) in [4.78, 5) is 0. The van der Waals surface area contributed by atoms with E-state index in [0.29, 0.717) is 0 Å². The van der Waals surface area contributed by atoms with Crippen LogP contribution in [0, 0.1) is 100 Å². The first-order chi connectivity index (χ1) is 26.0. The molecule has 6 unspecified atom stereocenters. The summed E-state index contributed by atoms with van der Waals surface area (Å²) in [5.41, 5.74) is 0.800. The third-order valence-electron chi connectivity index (χ3n) is 18.7. The van der Waals surface area contributed by atoms with E-state index >= 15 is 0 Å². The molecule has 8 bridgehead atoms. The van der Waals surface area contributed by atoms with Crippen molar-refractivity contribution in [2.45, 2.75) is 229 Å². The van der Waals surface area contributed by atoms with Crippen LogP contribution < -0.4 is 0 Å². The Morgan fingerprint density at radius 3 is 1.46 bits per heavy atom. The van der Waals surface area contributed by atoms with Gasteiger partial charge >= 0.3 is 0 Å². The molecule has 10 saturated carbocycles. The third-order valence-corrected chi connectivity index (χ3v) is 18.7. The molecule has 0 saturated heterocycles. The van der Waals surface area contributed by atoms with E-state index in [0.717, 1.165) is 100 Å². The zero-order valence-electron chi connectivity index (χ0n) is 38.0. The van der Waals surface area contributed by atoms with Crippen molar-refractivity contribution >= 4 is 0 Å². The molecule has 12 aliphatic carbocycles. The number of fused-ring (bicyclic) bond motifs is 12. The van der Waals surface area contributed by atoms with E-state index in [1.807, 2.05) is 0 Å². The van der Waals surface area contributed by atoms with Gasteiger partial charge in [-0.1, -0.05) is 151 Å². The Bertz CT molecular complexity index is 1030. The summed E-state index contributed by atoms with van der Waals surface area (Å²) in [7, 11) is 0. The van der Waals surface area contributed by atoms with Crippen molar-refractivity contribution in [2.75, 3.05) is 0 Å². The van der Waals surface area contributed by atoms with Crippen molar-refractivity contribution in [1.29, 1.82) is 0 Å². The van der Waals surface area contributed by atoms with Gasteiger partial charge in [0.25, 0.3) is 0 Å². The Morgan fingerprint density at radius 2 is 0.907 bits per heavy atom. The van der Waals surface area contributed by atoms with E-state index in [-0.39, 0.29) is 0 Å². The maximum Gasteiger partial charge on any atom is -0.0231 e. The molecule has 0 aromatic heterocycles. The maximum absolute atomic E-state index is 2.51. The van der Waals surface area contributed by atoms with Gasteiger partial charge < -0.3 is 0 Å². The van der Waals surface area contributed by atoms with Crippen molar-refractivity contribution in [3.8, 4) is 0 Å². The lowest BCUT2D eigenvalue weighted by Crippen LogP contribution is -2.48. The van der Waals surface area contributed by atoms with E-state index in [1.165, 1.54) is 77.0 Å². The van der Waals surface area contributed by atoms with E-state index < -0.39 is 0 Å². The van der Waals surface area contributed by atoms with Gasteiger partial charge in [-0.3, -0.25) is 0 Å². The zero-order valence-corrected chi connectivity index (χ0v) is 38.0. The molecule has 10 fully saturated rings. The second-order valence-electron chi connectivity index (χ2n) is 23.7. The van der Waals surface area contributed by atoms with Crippen molar-refractivity contribution in [1.82, 2.24) is 0 Å². The average Bonchev–Trinajstić information content (AvgIpc) is 3.06. The Morgan fingerprint density at radius 1 is 0.426 bits per heavy atom. The molecular weight excluding hydrogens is 649 g/mol. The molecule has 0 aromatic carbocycles. The van der Waals surface area contributed by atoms with Crippen LogP contribution in [0.5, 0.6) is 0 Å². The molecule has 12 aliphatic rings.